The monoisotopic (exact) mass is 365 g/mol. The fourth-order valence-electron chi connectivity index (χ4n) is 1.57. The number of hydrogen-bond donors (Lipinski definition) is 0. The number of nitro benzene ring substituents is 2. The van der Waals surface area contributed by atoms with Crippen LogP contribution in [0.2, 0.25) is 0 Å². The van der Waals surface area contributed by atoms with Crippen molar-refractivity contribution < 1.29 is 14.7 Å². The Morgan fingerprint density at radius 1 is 1.09 bits per heavy atom. The molecule has 0 aromatic heterocycles. The average molecular weight is 366 g/mol. The molecule has 2 aromatic carbocycles. The number of oxime groups is 1. The molecule has 112 valence electrons. The van der Waals surface area contributed by atoms with E-state index in [1.54, 1.807) is 18.2 Å². The Balaban J connectivity index is 2.22. The first-order valence-corrected chi connectivity index (χ1v) is 6.65. The molecule has 0 aliphatic carbocycles. The minimum Gasteiger partial charge on any atom is -0.350 e. The minimum absolute atomic E-state index is 0.179. The van der Waals surface area contributed by atoms with Crippen LogP contribution in [0, 0.1) is 20.2 Å². The summed E-state index contributed by atoms with van der Waals surface area (Å²) in [4.78, 5) is 25.0. The number of hydrogen-bond acceptors (Lipinski definition) is 6. The number of nitrogens with zero attached hydrogens (tertiary/aromatic N) is 3. The third-order valence-corrected chi connectivity index (χ3v) is 3.04. The van der Waals surface area contributed by atoms with Gasteiger partial charge in [0.2, 0.25) is 5.75 Å². The molecule has 22 heavy (non-hydrogen) atoms. The van der Waals surface area contributed by atoms with E-state index in [1.807, 2.05) is 6.07 Å². The molecular weight excluding hydrogens is 358 g/mol. The summed E-state index contributed by atoms with van der Waals surface area (Å²) in [6.45, 7) is 0. The molecule has 2 rings (SSSR count). The van der Waals surface area contributed by atoms with Crippen molar-refractivity contribution in [3.8, 4) is 5.75 Å². The topological polar surface area (TPSA) is 108 Å². The van der Waals surface area contributed by atoms with Gasteiger partial charge in [0.05, 0.1) is 22.1 Å². The zero-order valence-corrected chi connectivity index (χ0v) is 12.5. The molecule has 0 amide bonds. The molecule has 0 spiro atoms. The Labute approximate surface area is 132 Å². The second-order valence-electron chi connectivity index (χ2n) is 4.05. The van der Waals surface area contributed by atoms with Crippen LogP contribution in [-0.4, -0.2) is 16.1 Å². The van der Waals surface area contributed by atoms with Crippen LogP contribution in [-0.2, 0) is 0 Å². The Hall–Kier alpha value is -2.81. The molecule has 0 bridgehead atoms. The summed E-state index contributed by atoms with van der Waals surface area (Å²) in [5.41, 5.74) is -0.199. The van der Waals surface area contributed by atoms with E-state index < -0.39 is 21.2 Å². The normalized spacial score (nSPS) is 10.6. The average Bonchev–Trinajstić information content (AvgIpc) is 2.47. The van der Waals surface area contributed by atoms with Crippen LogP contribution in [0.15, 0.2) is 52.1 Å². The van der Waals surface area contributed by atoms with E-state index in [9.17, 15) is 20.2 Å². The van der Waals surface area contributed by atoms with Gasteiger partial charge in [-0.2, -0.15) is 0 Å². The second-order valence-corrected chi connectivity index (χ2v) is 4.96. The van der Waals surface area contributed by atoms with Crippen LogP contribution in [0.25, 0.3) is 0 Å². The van der Waals surface area contributed by atoms with Crippen molar-refractivity contribution in [3.05, 3.63) is 72.7 Å². The Morgan fingerprint density at radius 2 is 1.86 bits per heavy atom. The standard InChI is InChI=1S/C13H8BrN3O5/c14-10-3-1-2-9(6-10)8-15-22-13-5-4-11(16(18)19)7-12(13)17(20)21/h1-8H/b15-8+. The lowest BCUT2D eigenvalue weighted by Crippen LogP contribution is -1.96. The molecule has 8 nitrogen and oxygen atoms in total. The highest BCUT2D eigenvalue weighted by molar-refractivity contribution is 9.10. The van der Waals surface area contributed by atoms with Gasteiger partial charge in [-0.3, -0.25) is 20.2 Å². The van der Waals surface area contributed by atoms with Crippen molar-refractivity contribution in [2.24, 2.45) is 5.16 Å². The van der Waals surface area contributed by atoms with Gasteiger partial charge in [0, 0.05) is 10.5 Å². The molecule has 9 heteroatoms. The Bertz CT molecular complexity index is 763. The molecule has 0 saturated heterocycles. The first kappa shape index (κ1) is 15.6. The van der Waals surface area contributed by atoms with Crippen LogP contribution in [0.5, 0.6) is 5.75 Å². The van der Waals surface area contributed by atoms with E-state index in [4.69, 9.17) is 4.84 Å². The number of benzene rings is 2. The maximum absolute atomic E-state index is 10.9. The van der Waals surface area contributed by atoms with Crippen molar-refractivity contribution >= 4 is 33.5 Å². The summed E-state index contributed by atoms with van der Waals surface area (Å²) in [6.07, 6.45) is 1.37. The predicted octanol–water partition coefficient (Wildman–Crippen LogP) is 3.68. The molecule has 0 atom stereocenters. The van der Waals surface area contributed by atoms with Crippen molar-refractivity contribution in [3.63, 3.8) is 0 Å². The summed E-state index contributed by atoms with van der Waals surface area (Å²) in [5, 5.41) is 25.2. The highest BCUT2D eigenvalue weighted by Crippen LogP contribution is 2.31. The molecule has 2 aromatic rings. The molecule has 0 heterocycles. The Morgan fingerprint density at radius 3 is 2.50 bits per heavy atom. The molecule has 0 fully saturated rings. The fourth-order valence-corrected chi connectivity index (χ4v) is 1.99. The summed E-state index contributed by atoms with van der Waals surface area (Å²) < 4.78 is 0.845. The van der Waals surface area contributed by atoms with E-state index in [2.05, 4.69) is 21.1 Å². The second kappa shape index (κ2) is 6.76. The largest absolute Gasteiger partial charge is 0.350 e. The molecule has 0 aliphatic heterocycles. The minimum atomic E-state index is -0.767. The first-order chi connectivity index (χ1) is 10.5. The quantitative estimate of drug-likeness (QED) is 0.456. The first-order valence-electron chi connectivity index (χ1n) is 5.86. The molecule has 0 radical (unpaired) electrons. The number of rotatable bonds is 5. The Kier molecular flexibility index (Phi) is 4.79. The number of nitro groups is 2. The summed E-state index contributed by atoms with van der Waals surface area (Å²) >= 11 is 3.30. The van der Waals surface area contributed by atoms with E-state index in [-0.39, 0.29) is 5.75 Å². The lowest BCUT2D eigenvalue weighted by Gasteiger charge is -2.00. The zero-order valence-electron chi connectivity index (χ0n) is 10.9. The third-order valence-electron chi connectivity index (χ3n) is 2.55. The van der Waals surface area contributed by atoms with E-state index >= 15 is 0 Å². The van der Waals surface area contributed by atoms with E-state index in [0.29, 0.717) is 0 Å². The molecule has 0 aliphatic rings. The van der Waals surface area contributed by atoms with Crippen molar-refractivity contribution in [1.29, 1.82) is 0 Å². The predicted molar refractivity (Wildman–Crippen MR) is 82.1 cm³/mol. The maximum atomic E-state index is 10.9. The van der Waals surface area contributed by atoms with Gasteiger partial charge in [0.15, 0.2) is 0 Å². The SMILES string of the molecule is O=[N+]([O-])c1ccc(O/N=C/c2cccc(Br)c2)c([N+](=O)[O-])c1. The van der Waals surface area contributed by atoms with Crippen molar-refractivity contribution in [2.75, 3.05) is 0 Å². The van der Waals surface area contributed by atoms with Gasteiger partial charge < -0.3 is 4.84 Å². The van der Waals surface area contributed by atoms with Gasteiger partial charge in [-0.15, -0.1) is 0 Å². The smallest absolute Gasteiger partial charge is 0.321 e. The fraction of sp³-hybridized carbons (Fsp3) is 0. The highest BCUT2D eigenvalue weighted by atomic mass is 79.9. The highest BCUT2D eigenvalue weighted by Gasteiger charge is 2.20. The summed E-state index contributed by atoms with van der Waals surface area (Å²) in [6, 6.07) is 10.2. The lowest BCUT2D eigenvalue weighted by atomic mass is 10.2. The van der Waals surface area contributed by atoms with Crippen LogP contribution in [0.3, 0.4) is 0 Å². The molecule has 0 unspecified atom stereocenters. The van der Waals surface area contributed by atoms with Crippen LogP contribution in [0.1, 0.15) is 5.56 Å². The van der Waals surface area contributed by atoms with Gasteiger partial charge in [-0.05, 0) is 23.8 Å². The molecule has 0 N–H and O–H groups in total. The van der Waals surface area contributed by atoms with Gasteiger partial charge in [-0.25, -0.2) is 0 Å². The van der Waals surface area contributed by atoms with E-state index in [0.717, 1.165) is 28.2 Å². The van der Waals surface area contributed by atoms with Crippen LogP contribution >= 0.6 is 15.9 Å². The molecule has 0 saturated carbocycles. The van der Waals surface area contributed by atoms with Crippen LogP contribution < -0.4 is 4.84 Å². The number of non-ortho nitro benzene ring substituents is 1. The zero-order chi connectivity index (χ0) is 16.1. The van der Waals surface area contributed by atoms with Gasteiger partial charge in [-0.1, -0.05) is 33.2 Å². The van der Waals surface area contributed by atoms with Crippen molar-refractivity contribution in [1.82, 2.24) is 0 Å². The summed E-state index contributed by atoms with van der Waals surface area (Å²) in [7, 11) is 0. The maximum Gasteiger partial charge on any atom is 0.321 e. The van der Waals surface area contributed by atoms with Crippen LogP contribution in [0.4, 0.5) is 11.4 Å². The van der Waals surface area contributed by atoms with Gasteiger partial charge in [0.1, 0.15) is 0 Å². The summed E-state index contributed by atoms with van der Waals surface area (Å²) in [5.74, 6) is -0.179. The number of halogens is 1. The lowest BCUT2D eigenvalue weighted by molar-refractivity contribution is -0.394. The van der Waals surface area contributed by atoms with Gasteiger partial charge >= 0.3 is 5.69 Å². The third kappa shape index (κ3) is 3.85. The van der Waals surface area contributed by atoms with Gasteiger partial charge in [0.25, 0.3) is 5.69 Å². The van der Waals surface area contributed by atoms with Crippen molar-refractivity contribution in [2.45, 2.75) is 0 Å². The molecular formula is C13H8BrN3O5. The van der Waals surface area contributed by atoms with E-state index in [1.165, 1.54) is 6.21 Å².